The second-order valence-electron chi connectivity index (χ2n) is 5.04. The number of rotatable bonds is 2. The molecular formula is C14H17NO2. The number of ketones is 1. The first kappa shape index (κ1) is 10.8. The lowest BCUT2D eigenvalue weighted by Crippen LogP contribution is -2.40. The molecule has 1 saturated carbocycles. The number of likely N-dealkylation sites (tertiary alicyclic amines) is 1. The highest BCUT2D eigenvalue weighted by atomic mass is 16.3. The van der Waals surface area contributed by atoms with Gasteiger partial charge >= 0.3 is 0 Å². The molecule has 3 rings (SSSR count). The van der Waals surface area contributed by atoms with Gasteiger partial charge in [0, 0.05) is 19.0 Å². The normalized spacial score (nSPS) is 26.1. The molecule has 0 amide bonds. The first-order valence-electron chi connectivity index (χ1n) is 6.33. The van der Waals surface area contributed by atoms with E-state index in [1.807, 2.05) is 12.1 Å². The minimum atomic E-state index is -0.118. The van der Waals surface area contributed by atoms with Crippen molar-refractivity contribution >= 4 is 5.78 Å². The van der Waals surface area contributed by atoms with Gasteiger partial charge < -0.3 is 5.11 Å². The highest BCUT2D eigenvalue weighted by Gasteiger charge is 2.39. The summed E-state index contributed by atoms with van der Waals surface area (Å²) >= 11 is 0. The van der Waals surface area contributed by atoms with Gasteiger partial charge in [0.2, 0.25) is 0 Å². The maximum absolute atomic E-state index is 12.0. The Morgan fingerprint density at radius 2 is 2.12 bits per heavy atom. The largest absolute Gasteiger partial charge is 0.508 e. The lowest BCUT2D eigenvalue weighted by atomic mass is 9.90. The molecule has 1 aromatic carbocycles. The van der Waals surface area contributed by atoms with E-state index in [9.17, 15) is 9.90 Å². The van der Waals surface area contributed by atoms with Crippen LogP contribution in [0, 0.1) is 0 Å². The quantitative estimate of drug-likeness (QED) is 0.848. The van der Waals surface area contributed by atoms with Crippen LogP contribution in [-0.4, -0.2) is 28.4 Å². The first-order valence-corrected chi connectivity index (χ1v) is 6.33. The molecule has 0 bridgehead atoms. The van der Waals surface area contributed by atoms with Crippen LogP contribution in [-0.2, 0) is 4.79 Å². The minimum absolute atomic E-state index is 0.118. The van der Waals surface area contributed by atoms with E-state index in [0.717, 1.165) is 12.1 Å². The molecule has 1 atom stereocenters. The molecule has 0 radical (unpaired) electrons. The Labute approximate surface area is 101 Å². The van der Waals surface area contributed by atoms with Gasteiger partial charge in [-0.15, -0.1) is 0 Å². The standard InChI is InChI=1S/C14H17NO2/c16-12-6-1-3-10(9-12)14-13(17)7-8-15(14)11-4-2-5-11/h1,3,6,9,11,14,16H,2,4-5,7-8H2. The number of Topliss-reactive ketones (excluding diaryl/α,β-unsaturated/α-hetero) is 1. The lowest BCUT2D eigenvalue weighted by Gasteiger charge is -2.38. The van der Waals surface area contributed by atoms with E-state index >= 15 is 0 Å². The molecule has 0 spiro atoms. The molecular weight excluding hydrogens is 214 g/mol. The van der Waals surface area contributed by atoms with E-state index in [1.165, 1.54) is 19.3 Å². The van der Waals surface area contributed by atoms with Crippen LogP contribution in [0.1, 0.15) is 37.3 Å². The molecule has 1 saturated heterocycles. The van der Waals surface area contributed by atoms with Crippen molar-refractivity contribution in [2.45, 2.75) is 37.8 Å². The summed E-state index contributed by atoms with van der Waals surface area (Å²) in [5.41, 5.74) is 0.944. The Kier molecular flexibility index (Phi) is 2.63. The molecule has 90 valence electrons. The summed E-state index contributed by atoms with van der Waals surface area (Å²) in [4.78, 5) is 14.3. The number of carbonyl (C=O) groups is 1. The Hall–Kier alpha value is -1.35. The summed E-state index contributed by atoms with van der Waals surface area (Å²) in [6.07, 6.45) is 4.35. The molecule has 3 heteroatoms. The van der Waals surface area contributed by atoms with E-state index < -0.39 is 0 Å². The number of benzene rings is 1. The van der Waals surface area contributed by atoms with Crippen molar-refractivity contribution in [1.82, 2.24) is 4.90 Å². The molecule has 1 aromatic rings. The zero-order valence-corrected chi connectivity index (χ0v) is 9.80. The van der Waals surface area contributed by atoms with Crippen molar-refractivity contribution in [3.8, 4) is 5.75 Å². The van der Waals surface area contributed by atoms with Gasteiger partial charge in [-0.25, -0.2) is 0 Å². The number of aromatic hydroxyl groups is 1. The summed E-state index contributed by atoms with van der Waals surface area (Å²) < 4.78 is 0. The Morgan fingerprint density at radius 1 is 1.29 bits per heavy atom. The number of phenolic OH excluding ortho intramolecular Hbond substituents is 1. The fourth-order valence-corrected chi connectivity index (χ4v) is 2.87. The summed E-state index contributed by atoms with van der Waals surface area (Å²) in [7, 11) is 0. The number of hydrogen-bond acceptors (Lipinski definition) is 3. The second kappa shape index (κ2) is 4.15. The molecule has 3 nitrogen and oxygen atoms in total. The fourth-order valence-electron chi connectivity index (χ4n) is 2.87. The van der Waals surface area contributed by atoms with Gasteiger partial charge in [0.25, 0.3) is 0 Å². The van der Waals surface area contributed by atoms with E-state index in [4.69, 9.17) is 0 Å². The highest BCUT2D eigenvalue weighted by Crippen LogP contribution is 2.37. The zero-order valence-electron chi connectivity index (χ0n) is 9.80. The van der Waals surface area contributed by atoms with E-state index in [0.29, 0.717) is 18.2 Å². The number of phenols is 1. The van der Waals surface area contributed by atoms with Gasteiger partial charge in [0.1, 0.15) is 5.75 Å². The summed E-state index contributed by atoms with van der Waals surface area (Å²) in [6, 6.07) is 7.59. The molecule has 0 aromatic heterocycles. The van der Waals surface area contributed by atoms with Gasteiger partial charge in [0.05, 0.1) is 6.04 Å². The molecule has 1 aliphatic carbocycles. The third-order valence-electron chi connectivity index (χ3n) is 3.98. The average molecular weight is 231 g/mol. The van der Waals surface area contributed by atoms with Gasteiger partial charge in [-0.2, -0.15) is 0 Å². The Balaban J connectivity index is 1.90. The lowest BCUT2D eigenvalue weighted by molar-refractivity contribution is -0.120. The smallest absolute Gasteiger partial charge is 0.155 e. The van der Waals surface area contributed by atoms with Crippen LogP contribution in [0.15, 0.2) is 24.3 Å². The van der Waals surface area contributed by atoms with Crippen molar-refractivity contribution < 1.29 is 9.90 Å². The first-order chi connectivity index (χ1) is 8.25. The summed E-state index contributed by atoms with van der Waals surface area (Å²) in [5, 5.41) is 9.53. The molecule has 1 heterocycles. The second-order valence-corrected chi connectivity index (χ2v) is 5.04. The summed E-state index contributed by atoms with van der Waals surface area (Å²) in [5.74, 6) is 0.540. The van der Waals surface area contributed by atoms with Crippen LogP contribution in [0.25, 0.3) is 0 Å². The minimum Gasteiger partial charge on any atom is -0.508 e. The third kappa shape index (κ3) is 1.84. The number of hydrogen-bond donors (Lipinski definition) is 1. The fraction of sp³-hybridized carbons (Fsp3) is 0.500. The van der Waals surface area contributed by atoms with Gasteiger partial charge in [-0.05, 0) is 30.5 Å². The topological polar surface area (TPSA) is 40.5 Å². The SMILES string of the molecule is O=C1CCN(C2CCC2)C1c1cccc(O)c1. The molecule has 1 N–H and O–H groups in total. The average Bonchev–Trinajstić information content (AvgIpc) is 2.58. The molecule has 2 aliphatic rings. The van der Waals surface area contributed by atoms with Crippen molar-refractivity contribution in [2.24, 2.45) is 0 Å². The van der Waals surface area contributed by atoms with Gasteiger partial charge in [0.15, 0.2) is 5.78 Å². The van der Waals surface area contributed by atoms with Crippen LogP contribution in [0.4, 0.5) is 0 Å². The van der Waals surface area contributed by atoms with E-state index in [-0.39, 0.29) is 11.8 Å². The Morgan fingerprint density at radius 3 is 2.76 bits per heavy atom. The molecule has 2 fully saturated rings. The monoisotopic (exact) mass is 231 g/mol. The van der Waals surface area contributed by atoms with Crippen LogP contribution < -0.4 is 0 Å². The maximum Gasteiger partial charge on any atom is 0.155 e. The highest BCUT2D eigenvalue weighted by molar-refractivity contribution is 5.87. The van der Waals surface area contributed by atoms with Crippen molar-refractivity contribution in [3.63, 3.8) is 0 Å². The van der Waals surface area contributed by atoms with Crippen LogP contribution in [0.3, 0.4) is 0 Å². The zero-order chi connectivity index (χ0) is 11.8. The van der Waals surface area contributed by atoms with Crippen molar-refractivity contribution in [1.29, 1.82) is 0 Å². The van der Waals surface area contributed by atoms with Crippen molar-refractivity contribution in [3.05, 3.63) is 29.8 Å². The van der Waals surface area contributed by atoms with E-state index in [1.54, 1.807) is 12.1 Å². The van der Waals surface area contributed by atoms with Gasteiger partial charge in [-0.3, -0.25) is 9.69 Å². The predicted octanol–water partition coefficient (Wildman–Crippen LogP) is 2.26. The predicted molar refractivity (Wildman–Crippen MR) is 64.8 cm³/mol. The summed E-state index contributed by atoms with van der Waals surface area (Å²) in [6.45, 7) is 0.879. The number of nitrogens with zero attached hydrogens (tertiary/aromatic N) is 1. The number of carbonyl (C=O) groups excluding carboxylic acids is 1. The maximum atomic E-state index is 12.0. The van der Waals surface area contributed by atoms with E-state index in [2.05, 4.69) is 4.90 Å². The van der Waals surface area contributed by atoms with Crippen LogP contribution in [0.5, 0.6) is 5.75 Å². The van der Waals surface area contributed by atoms with Gasteiger partial charge in [-0.1, -0.05) is 18.6 Å². The van der Waals surface area contributed by atoms with Crippen LogP contribution in [0.2, 0.25) is 0 Å². The molecule has 17 heavy (non-hydrogen) atoms. The third-order valence-corrected chi connectivity index (χ3v) is 3.98. The van der Waals surface area contributed by atoms with Crippen LogP contribution >= 0.6 is 0 Å². The van der Waals surface area contributed by atoms with Crippen molar-refractivity contribution in [2.75, 3.05) is 6.54 Å². The molecule has 1 aliphatic heterocycles. The molecule has 1 unspecified atom stereocenters. The Bertz CT molecular complexity index is 440.